The molecule has 0 bridgehead atoms. The first-order chi connectivity index (χ1) is 14.1. The molecule has 2 atom stereocenters. The van der Waals surface area contributed by atoms with Gasteiger partial charge in [-0.2, -0.15) is 0 Å². The lowest BCUT2D eigenvalue weighted by Gasteiger charge is -2.26. The molecular formula is C24H30ClNO4. The third-order valence-corrected chi connectivity index (χ3v) is 4.77. The summed E-state index contributed by atoms with van der Waals surface area (Å²) in [5, 5.41) is 3.52. The number of carbonyl (C=O) groups excluding carboxylic acids is 2. The topological polar surface area (TPSA) is 64.6 Å². The average molecular weight is 432 g/mol. The molecule has 2 rings (SSSR count). The Bertz CT molecular complexity index is 858. The Kier molecular flexibility index (Phi) is 8.30. The quantitative estimate of drug-likeness (QED) is 0.576. The molecule has 0 heterocycles. The number of nitrogens with one attached hydrogen (secondary N) is 1. The molecule has 0 saturated carbocycles. The van der Waals surface area contributed by atoms with Crippen LogP contribution in [0.1, 0.15) is 40.2 Å². The second-order valence-electron chi connectivity index (χ2n) is 8.20. The van der Waals surface area contributed by atoms with Crippen LogP contribution >= 0.6 is 11.6 Å². The normalized spacial score (nSPS) is 13.3. The molecule has 162 valence electrons. The predicted molar refractivity (Wildman–Crippen MR) is 120 cm³/mol. The van der Waals surface area contributed by atoms with Crippen LogP contribution in [-0.2, 0) is 20.7 Å². The molecule has 2 aromatic carbocycles. The van der Waals surface area contributed by atoms with E-state index in [1.54, 1.807) is 34.6 Å². The monoisotopic (exact) mass is 431 g/mol. The van der Waals surface area contributed by atoms with Gasteiger partial charge < -0.3 is 14.8 Å². The van der Waals surface area contributed by atoms with Crippen molar-refractivity contribution >= 4 is 23.7 Å². The summed E-state index contributed by atoms with van der Waals surface area (Å²) in [6.07, 6.45) is -0.0890. The molecule has 0 aliphatic carbocycles. The molecule has 0 aliphatic rings. The maximum atomic E-state index is 12.3. The Balaban J connectivity index is 2.17. The second kappa shape index (κ2) is 10.5. The minimum absolute atomic E-state index is 0.288. The Labute approximate surface area is 183 Å². The Morgan fingerprint density at radius 2 is 1.73 bits per heavy atom. The summed E-state index contributed by atoms with van der Waals surface area (Å²) >= 11 is 6.08. The fraction of sp³-hybridized carbons (Fsp3) is 0.417. The summed E-state index contributed by atoms with van der Waals surface area (Å²) in [6.45, 7) is 9.19. The third kappa shape index (κ3) is 7.38. The number of benzene rings is 2. The Hall–Kier alpha value is -2.53. The van der Waals surface area contributed by atoms with E-state index in [0.717, 1.165) is 16.7 Å². The van der Waals surface area contributed by atoms with Crippen molar-refractivity contribution in [3.8, 4) is 11.1 Å². The van der Waals surface area contributed by atoms with Crippen molar-refractivity contribution < 1.29 is 19.1 Å². The van der Waals surface area contributed by atoms with Crippen LogP contribution in [0, 0.1) is 5.92 Å². The van der Waals surface area contributed by atoms with Gasteiger partial charge in [0.1, 0.15) is 5.60 Å². The number of amides is 1. The molecule has 0 aromatic heterocycles. The lowest BCUT2D eigenvalue weighted by atomic mass is 9.94. The highest BCUT2D eigenvalue weighted by atomic mass is 35.5. The lowest BCUT2D eigenvalue weighted by molar-refractivity contribution is -0.148. The standard InChI is InChI=1S/C24H30ClNO4/c1-6-29-22(27)16(2)21(26-23(28)30-24(3,4)5)14-17-10-12-18(13-11-17)19-8-7-9-20(25)15-19/h7-13,15-16,21H,6,14H2,1-5H3,(H,26,28)/t16?,21-/m1/s1. The molecule has 1 amide bonds. The van der Waals surface area contributed by atoms with Crippen LogP contribution in [0.15, 0.2) is 48.5 Å². The van der Waals surface area contributed by atoms with Crippen molar-refractivity contribution in [1.82, 2.24) is 5.32 Å². The van der Waals surface area contributed by atoms with E-state index in [2.05, 4.69) is 5.32 Å². The van der Waals surface area contributed by atoms with Crippen LogP contribution in [0.2, 0.25) is 5.02 Å². The van der Waals surface area contributed by atoms with E-state index in [0.29, 0.717) is 11.4 Å². The molecule has 0 saturated heterocycles. The fourth-order valence-corrected chi connectivity index (χ4v) is 3.20. The lowest BCUT2D eigenvalue weighted by Crippen LogP contribution is -2.46. The van der Waals surface area contributed by atoms with E-state index >= 15 is 0 Å². The number of carbonyl (C=O) groups is 2. The molecule has 0 fully saturated rings. The van der Waals surface area contributed by atoms with Crippen molar-refractivity contribution in [2.24, 2.45) is 5.92 Å². The second-order valence-corrected chi connectivity index (χ2v) is 8.64. The van der Waals surface area contributed by atoms with Crippen LogP contribution < -0.4 is 5.32 Å². The third-order valence-electron chi connectivity index (χ3n) is 4.53. The number of ether oxygens (including phenoxy) is 2. The van der Waals surface area contributed by atoms with E-state index in [4.69, 9.17) is 21.1 Å². The van der Waals surface area contributed by atoms with Crippen molar-refractivity contribution in [2.45, 2.75) is 52.7 Å². The van der Waals surface area contributed by atoms with Crippen molar-refractivity contribution in [2.75, 3.05) is 6.61 Å². The first kappa shape index (κ1) is 23.7. The van der Waals surface area contributed by atoms with E-state index in [9.17, 15) is 9.59 Å². The summed E-state index contributed by atoms with van der Waals surface area (Å²) in [5.41, 5.74) is 2.42. The van der Waals surface area contributed by atoms with Gasteiger partial charge in [0.05, 0.1) is 12.5 Å². The van der Waals surface area contributed by atoms with Crippen LogP contribution in [0.25, 0.3) is 11.1 Å². The Morgan fingerprint density at radius 3 is 2.30 bits per heavy atom. The Morgan fingerprint density at radius 1 is 1.07 bits per heavy atom. The van der Waals surface area contributed by atoms with Gasteiger partial charge in [0.2, 0.25) is 0 Å². The number of esters is 1. The highest BCUT2D eigenvalue weighted by Gasteiger charge is 2.29. The highest BCUT2D eigenvalue weighted by Crippen LogP contribution is 2.24. The van der Waals surface area contributed by atoms with Crippen molar-refractivity contribution in [3.63, 3.8) is 0 Å². The van der Waals surface area contributed by atoms with E-state index in [-0.39, 0.29) is 12.6 Å². The number of hydrogen-bond donors (Lipinski definition) is 1. The van der Waals surface area contributed by atoms with Crippen LogP contribution in [0.5, 0.6) is 0 Å². The van der Waals surface area contributed by atoms with Gasteiger partial charge in [0.25, 0.3) is 0 Å². The van der Waals surface area contributed by atoms with Gasteiger partial charge in [-0.1, -0.05) is 48.0 Å². The van der Waals surface area contributed by atoms with E-state index < -0.39 is 23.7 Å². The summed E-state index contributed by atoms with van der Waals surface area (Å²) in [7, 11) is 0. The highest BCUT2D eigenvalue weighted by molar-refractivity contribution is 6.30. The number of rotatable bonds is 7. The molecule has 1 unspecified atom stereocenters. The largest absolute Gasteiger partial charge is 0.466 e. The number of alkyl carbamates (subject to hydrolysis) is 1. The SMILES string of the molecule is CCOC(=O)C(C)[C@@H](Cc1ccc(-c2cccc(Cl)c2)cc1)NC(=O)OC(C)(C)C. The molecule has 5 nitrogen and oxygen atoms in total. The van der Waals surface area contributed by atoms with Gasteiger partial charge in [0.15, 0.2) is 0 Å². The number of hydrogen-bond acceptors (Lipinski definition) is 4. The molecule has 30 heavy (non-hydrogen) atoms. The van der Waals surface area contributed by atoms with Crippen LogP contribution in [0.4, 0.5) is 4.79 Å². The van der Waals surface area contributed by atoms with Crippen LogP contribution in [0.3, 0.4) is 0 Å². The number of halogens is 1. The van der Waals surface area contributed by atoms with Crippen molar-refractivity contribution in [1.29, 1.82) is 0 Å². The summed E-state index contributed by atoms with van der Waals surface area (Å²) in [4.78, 5) is 24.6. The first-order valence-electron chi connectivity index (χ1n) is 10.1. The van der Waals surface area contributed by atoms with Gasteiger partial charge in [0, 0.05) is 11.1 Å². The molecule has 0 aliphatic heterocycles. The van der Waals surface area contributed by atoms with Crippen molar-refractivity contribution in [3.05, 3.63) is 59.1 Å². The summed E-state index contributed by atoms with van der Waals surface area (Å²) in [5.74, 6) is -0.876. The summed E-state index contributed by atoms with van der Waals surface area (Å²) in [6, 6.07) is 15.2. The smallest absolute Gasteiger partial charge is 0.407 e. The maximum absolute atomic E-state index is 12.3. The zero-order chi connectivity index (χ0) is 22.3. The van der Waals surface area contributed by atoms with E-state index in [1.165, 1.54) is 0 Å². The van der Waals surface area contributed by atoms with E-state index in [1.807, 2.05) is 48.5 Å². The maximum Gasteiger partial charge on any atom is 0.407 e. The predicted octanol–water partition coefficient (Wildman–Crippen LogP) is 5.64. The first-order valence-corrected chi connectivity index (χ1v) is 10.5. The fourth-order valence-electron chi connectivity index (χ4n) is 3.00. The average Bonchev–Trinajstić information content (AvgIpc) is 2.66. The minimum atomic E-state index is -0.625. The minimum Gasteiger partial charge on any atom is -0.466 e. The van der Waals surface area contributed by atoms with Gasteiger partial charge in [-0.3, -0.25) is 4.79 Å². The zero-order valence-corrected chi connectivity index (χ0v) is 19.0. The summed E-state index contributed by atoms with van der Waals surface area (Å²) < 4.78 is 10.5. The van der Waals surface area contributed by atoms with Gasteiger partial charge in [-0.25, -0.2) is 4.79 Å². The van der Waals surface area contributed by atoms with Gasteiger partial charge >= 0.3 is 12.1 Å². The molecule has 1 N–H and O–H groups in total. The molecule has 2 aromatic rings. The molecule has 0 radical (unpaired) electrons. The molecule has 0 spiro atoms. The molecular weight excluding hydrogens is 402 g/mol. The molecule has 6 heteroatoms. The van der Waals surface area contributed by atoms with Crippen LogP contribution in [-0.4, -0.2) is 30.3 Å². The van der Waals surface area contributed by atoms with Gasteiger partial charge in [-0.15, -0.1) is 0 Å². The van der Waals surface area contributed by atoms with Gasteiger partial charge in [-0.05, 0) is 69.9 Å². The zero-order valence-electron chi connectivity index (χ0n) is 18.2.